The highest BCUT2D eigenvalue weighted by Crippen LogP contribution is 2.24. The number of carbonyl (C=O) groups is 1. The Bertz CT molecular complexity index is 743. The van der Waals surface area contributed by atoms with Crippen molar-refractivity contribution in [1.29, 1.82) is 0 Å². The lowest BCUT2D eigenvalue weighted by Crippen LogP contribution is -2.27. The molecule has 0 radical (unpaired) electrons. The molecule has 8 heteroatoms. The minimum absolute atomic E-state index is 0.0908. The largest absolute Gasteiger partial charge is 0.317 e. The molecular formula is C18H24FN5OS. The first-order valence-corrected chi connectivity index (χ1v) is 9.82. The number of anilines is 1. The lowest BCUT2D eigenvalue weighted by Gasteiger charge is -2.19. The Hall–Kier alpha value is -1.93. The molecule has 1 aliphatic heterocycles. The molecule has 1 fully saturated rings. The molecule has 1 saturated heterocycles. The molecule has 1 atom stereocenters. The average molecular weight is 377 g/mol. The number of halogens is 1. The summed E-state index contributed by atoms with van der Waals surface area (Å²) < 4.78 is 14.6. The van der Waals surface area contributed by atoms with Crippen LogP contribution in [0, 0.1) is 11.7 Å². The van der Waals surface area contributed by atoms with Crippen LogP contribution in [0.25, 0.3) is 0 Å². The highest BCUT2D eigenvalue weighted by atomic mass is 32.2. The van der Waals surface area contributed by atoms with E-state index in [1.54, 1.807) is 23.9 Å². The molecule has 6 nitrogen and oxygen atoms in total. The fraction of sp³-hybridized carbons (Fsp3) is 0.500. The first kappa shape index (κ1) is 18.8. The molecule has 1 aromatic carbocycles. The van der Waals surface area contributed by atoms with Crippen LogP contribution in [0.2, 0.25) is 0 Å². The number of rotatable bonds is 6. The SMILES string of the molecule is CC(CSc1ccc(F)cc1)C(=O)Nc1nc(C2CCNCC2)nn1C. The summed E-state index contributed by atoms with van der Waals surface area (Å²) in [5, 5.41) is 10.7. The summed E-state index contributed by atoms with van der Waals surface area (Å²) in [5.74, 6) is 1.69. The van der Waals surface area contributed by atoms with Crippen molar-refractivity contribution < 1.29 is 9.18 Å². The van der Waals surface area contributed by atoms with Crippen molar-refractivity contribution in [3.63, 3.8) is 0 Å². The van der Waals surface area contributed by atoms with Crippen LogP contribution in [-0.4, -0.2) is 39.5 Å². The number of piperidine rings is 1. The number of aromatic nitrogens is 3. The van der Waals surface area contributed by atoms with Gasteiger partial charge in [0.15, 0.2) is 5.82 Å². The first-order chi connectivity index (χ1) is 12.5. The van der Waals surface area contributed by atoms with E-state index in [1.165, 1.54) is 23.9 Å². The molecule has 0 aliphatic carbocycles. The van der Waals surface area contributed by atoms with Crippen LogP contribution in [0.3, 0.4) is 0 Å². The number of carbonyl (C=O) groups excluding carboxylic acids is 1. The lowest BCUT2D eigenvalue weighted by atomic mass is 9.98. The zero-order valence-electron chi connectivity index (χ0n) is 15.0. The molecule has 2 aromatic rings. The number of thioether (sulfide) groups is 1. The smallest absolute Gasteiger partial charge is 0.230 e. The van der Waals surface area contributed by atoms with Crippen molar-refractivity contribution in [2.75, 3.05) is 24.2 Å². The molecule has 0 spiro atoms. The van der Waals surface area contributed by atoms with Gasteiger partial charge in [-0.25, -0.2) is 9.07 Å². The van der Waals surface area contributed by atoms with E-state index in [0.29, 0.717) is 17.6 Å². The number of hydrogen-bond donors (Lipinski definition) is 2. The molecule has 1 amide bonds. The quantitative estimate of drug-likeness (QED) is 0.758. The second kappa shape index (κ2) is 8.64. The summed E-state index contributed by atoms with van der Waals surface area (Å²) in [7, 11) is 1.80. The Morgan fingerprint density at radius 3 is 2.77 bits per heavy atom. The van der Waals surface area contributed by atoms with Gasteiger partial charge in [-0.15, -0.1) is 11.8 Å². The summed E-state index contributed by atoms with van der Waals surface area (Å²) in [4.78, 5) is 17.9. The second-order valence-corrected chi connectivity index (χ2v) is 7.69. The normalized spacial score (nSPS) is 16.4. The molecule has 1 unspecified atom stereocenters. The average Bonchev–Trinajstić information content (AvgIpc) is 3.02. The third-order valence-electron chi connectivity index (χ3n) is 4.48. The Labute approximate surface area is 157 Å². The Morgan fingerprint density at radius 1 is 1.38 bits per heavy atom. The Balaban J connectivity index is 1.55. The summed E-state index contributed by atoms with van der Waals surface area (Å²) in [5.41, 5.74) is 0. The van der Waals surface area contributed by atoms with Gasteiger partial charge in [0.1, 0.15) is 5.82 Å². The van der Waals surface area contributed by atoms with Crippen LogP contribution in [0.1, 0.15) is 31.5 Å². The minimum atomic E-state index is -0.257. The van der Waals surface area contributed by atoms with E-state index in [4.69, 9.17) is 0 Å². The van der Waals surface area contributed by atoms with E-state index < -0.39 is 0 Å². The van der Waals surface area contributed by atoms with Gasteiger partial charge < -0.3 is 5.32 Å². The first-order valence-electron chi connectivity index (χ1n) is 8.84. The molecule has 140 valence electrons. The predicted octanol–water partition coefficient (Wildman–Crippen LogP) is 2.79. The molecular weight excluding hydrogens is 353 g/mol. The van der Waals surface area contributed by atoms with Gasteiger partial charge in [-0.1, -0.05) is 6.92 Å². The number of aryl methyl sites for hydroxylation is 1. The maximum Gasteiger partial charge on any atom is 0.230 e. The summed E-state index contributed by atoms with van der Waals surface area (Å²) >= 11 is 1.53. The number of amides is 1. The number of benzene rings is 1. The summed E-state index contributed by atoms with van der Waals surface area (Å²) in [6, 6.07) is 6.29. The van der Waals surface area contributed by atoms with E-state index in [0.717, 1.165) is 36.7 Å². The standard InChI is InChI=1S/C18H24FN5OS/c1-12(11-26-15-5-3-14(19)4-6-15)17(25)22-18-21-16(23-24(18)2)13-7-9-20-10-8-13/h3-6,12-13,20H,7-11H2,1-2H3,(H,21,22,23,25). The molecule has 0 bridgehead atoms. The Morgan fingerprint density at radius 2 is 2.08 bits per heavy atom. The third-order valence-corrected chi connectivity index (χ3v) is 5.75. The van der Waals surface area contributed by atoms with E-state index in [-0.39, 0.29) is 17.6 Å². The van der Waals surface area contributed by atoms with Gasteiger partial charge in [0.05, 0.1) is 0 Å². The zero-order valence-corrected chi connectivity index (χ0v) is 15.9. The van der Waals surface area contributed by atoms with Crippen LogP contribution in [0.15, 0.2) is 29.2 Å². The maximum atomic E-state index is 12.9. The second-order valence-electron chi connectivity index (χ2n) is 6.60. The van der Waals surface area contributed by atoms with Gasteiger partial charge in [-0.2, -0.15) is 10.1 Å². The molecule has 2 heterocycles. The zero-order chi connectivity index (χ0) is 18.5. The van der Waals surface area contributed by atoms with Gasteiger partial charge in [-0.05, 0) is 50.2 Å². The molecule has 26 heavy (non-hydrogen) atoms. The van der Waals surface area contributed by atoms with Crippen LogP contribution >= 0.6 is 11.8 Å². The number of hydrogen-bond acceptors (Lipinski definition) is 5. The van der Waals surface area contributed by atoms with Crippen molar-refractivity contribution in [2.24, 2.45) is 13.0 Å². The Kier molecular flexibility index (Phi) is 6.26. The van der Waals surface area contributed by atoms with Crippen molar-refractivity contribution >= 4 is 23.6 Å². The van der Waals surface area contributed by atoms with Crippen LogP contribution in [-0.2, 0) is 11.8 Å². The molecule has 2 N–H and O–H groups in total. The minimum Gasteiger partial charge on any atom is -0.317 e. The topological polar surface area (TPSA) is 71.8 Å². The number of nitrogens with one attached hydrogen (secondary N) is 2. The van der Waals surface area contributed by atoms with Gasteiger partial charge in [0.25, 0.3) is 0 Å². The van der Waals surface area contributed by atoms with Crippen molar-refractivity contribution in [3.05, 3.63) is 35.9 Å². The highest BCUT2D eigenvalue weighted by Gasteiger charge is 2.22. The van der Waals surface area contributed by atoms with Crippen LogP contribution in [0.4, 0.5) is 10.3 Å². The van der Waals surface area contributed by atoms with Crippen molar-refractivity contribution in [1.82, 2.24) is 20.1 Å². The number of nitrogens with zero attached hydrogens (tertiary/aromatic N) is 3. The van der Waals surface area contributed by atoms with E-state index in [9.17, 15) is 9.18 Å². The van der Waals surface area contributed by atoms with Gasteiger partial charge >= 0.3 is 0 Å². The maximum absolute atomic E-state index is 12.9. The monoisotopic (exact) mass is 377 g/mol. The van der Waals surface area contributed by atoms with Crippen molar-refractivity contribution in [3.8, 4) is 0 Å². The molecule has 1 aromatic heterocycles. The fourth-order valence-corrected chi connectivity index (χ4v) is 3.75. The van der Waals surface area contributed by atoms with E-state index >= 15 is 0 Å². The fourth-order valence-electron chi connectivity index (χ4n) is 2.83. The third kappa shape index (κ3) is 4.82. The van der Waals surface area contributed by atoms with Gasteiger partial charge in [0, 0.05) is 29.5 Å². The van der Waals surface area contributed by atoms with Crippen molar-refractivity contribution in [2.45, 2.75) is 30.6 Å². The molecule has 1 aliphatic rings. The molecule has 0 saturated carbocycles. The van der Waals surface area contributed by atoms with E-state index in [2.05, 4.69) is 20.7 Å². The molecule has 3 rings (SSSR count). The van der Waals surface area contributed by atoms with Gasteiger partial charge in [-0.3, -0.25) is 10.1 Å². The lowest BCUT2D eigenvalue weighted by molar-refractivity contribution is -0.118. The highest BCUT2D eigenvalue weighted by molar-refractivity contribution is 7.99. The van der Waals surface area contributed by atoms with Crippen LogP contribution in [0.5, 0.6) is 0 Å². The summed E-state index contributed by atoms with van der Waals surface area (Å²) in [6.45, 7) is 3.82. The summed E-state index contributed by atoms with van der Waals surface area (Å²) in [6.07, 6.45) is 2.03. The predicted molar refractivity (Wildman–Crippen MR) is 101 cm³/mol. The van der Waals surface area contributed by atoms with E-state index in [1.807, 2.05) is 6.92 Å². The van der Waals surface area contributed by atoms with Gasteiger partial charge in [0.2, 0.25) is 11.9 Å². The van der Waals surface area contributed by atoms with Crippen LogP contribution < -0.4 is 10.6 Å².